The van der Waals surface area contributed by atoms with Crippen LogP contribution in [0, 0.1) is 5.92 Å². The first-order valence-corrected chi connectivity index (χ1v) is 9.97. The van der Waals surface area contributed by atoms with Crippen molar-refractivity contribution in [3.63, 3.8) is 0 Å². The number of rotatable bonds is 5. The molecule has 26 heavy (non-hydrogen) atoms. The maximum absolute atomic E-state index is 12.5. The summed E-state index contributed by atoms with van der Waals surface area (Å²) in [6.07, 6.45) is 4.48. The number of nitrogens with one attached hydrogen (secondary N) is 2. The third kappa shape index (κ3) is 4.31. The third-order valence-corrected chi connectivity index (χ3v) is 5.89. The first-order valence-electron chi connectivity index (χ1n) is 8.49. The Bertz CT molecular complexity index is 928. The van der Waals surface area contributed by atoms with Crippen molar-refractivity contribution >= 4 is 21.6 Å². The van der Waals surface area contributed by atoms with Crippen LogP contribution >= 0.6 is 0 Å². The number of hydrogen-bond donors (Lipinski definition) is 2. The maximum Gasteiger partial charge on any atom is 0.241 e. The van der Waals surface area contributed by atoms with Crippen molar-refractivity contribution in [1.29, 1.82) is 0 Å². The van der Waals surface area contributed by atoms with Crippen molar-refractivity contribution < 1.29 is 13.2 Å². The molecule has 1 saturated carbocycles. The standard InChI is InChI=1S/C18H24N4O3S/c1-18(2,3)21-26(24,25)14-7-5-6-13(8-14)20-17(23)16-9-15(16)12-10-19-22(4)11-12/h5-8,10-11,15-16,21H,9H2,1-4H3,(H,20,23). The number of amides is 1. The van der Waals surface area contributed by atoms with Gasteiger partial charge in [-0.2, -0.15) is 5.10 Å². The summed E-state index contributed by atoms with van der Waals surface area (Å²) in [5.41, 5.74) is 0.949. The number of hydrogen-bond acceptors (Lipinski definition) is 4. The normalized spacial score (nSPS) is 20.0. The predicted molar refractivity (Wildman–Crippen MR) is 99.2 cm³/mol. The molecule has 1 amide bonds. The van der Waals surface area contributed by atoms with Crippen molar-refractivity contribution in [1.82, 2.24) is 14.5 Å². The van der Waals surface area contributed by atoms with Crippen molar-refractivity contribution in [2.75, 3.05) is 5.32 Å². The summed E-state index contributed by atoms with van der Waals surface area (Å²) >= 11 is 0. The molecule has 0 bridgehead atoms. The number of anilines is 1. The molecule has 3 rings (SSSR count). The van der Waals surface area contributed by atoms with E-state index in [4.69, 9.17) is 0 Å². The van der Waals surface area contributed by atoms with E-state index in [0.29, 0.717) is 5.69 Å². The Labute approximate surface area is 153 Å². The largest absolute Gasteiger partial charge is 0.326 e. The van der Waals surface area contributed by atoms with Gasteiger partial charge >= 0.3 is 0 Å². The molecule has 1 aliphatic rings. The van der Waals surface area contributed by atoms with E-state index in [2.05, 4.69) is 15.1 Å². The van der Waals surface area contributed by atoms with Gasteiger partial charge in [0.05, 0.1) is 11.1 Å². The lowest BCUT2D eigenvalue weighted by Crippen LogP contribution is -2.40. The van der Waals surface area contributed by atoms with Gasteiger partial charge in [0.15, 0.2) is 0 Å². The van der Waals surface area contributed by atoms with Gasteiger partial charge in [-0.05, 0) is 56.9 Å². The smallest absolute Gasteiger partial charge is 0.241 e. The average Bonchev–Trinajstić information content (AvgIpc) is 3.20. The zero-order chi connectivity index (χ0) is 19.1. The molecule has 0 spiro atoms. The molecule has 7 nitrogen and oxygen atoms in total. The van der Waals surface area contributed by atoms with Crippen LogP contribution < -0.4 is 10.0 Å². The average molecular weight is 376 g/mol. The van der Waals surface area contributed by atoms with E-state index in [1.165, 1.54) is 12.1 Å². The van der Waals surface area contributed by atoms with Gasteiger partial charge in [0, 0.05) is 30.4 Å². The summed E-state index contributed by atoms with van der Waals surface area (Å²) in [4.78, 5) is 12.6. The van der Waals surface area contributed by atoms with Crippen molar-refractivity contribution in [3.8, 4) is 0 Å². The Morgan fingerprint density at radius 2 is 2.04 bits per heavy atom. The second-order valence-electron chi connectivity index (χ2n) is 7.77. The van der Waals surface area contributed by atoms with Crippen molar-refractivity contribution in [3.05, 3.63) is 42.2 Å². The number of carbonyl (C=O) groups is 1. The van der Waals surface area contributed by atoms with Gasteiger partial charge in [-0.3, -0.25) is 9.48 Å². The highest BCUT2D eigenvalue weighted by Crippen LogP contribution is 2.47. The van der Waals surface area contributed by atoms with Crippen LogP contribution in [0.1, 0.15) is 38.7 Å². The molecule has 1 aromatic carbocycles. The second kappa shape index (κ2) is 6.51. The lowest BCUT2D eigenvalue weighted by Gasteiger charge is -2.20. The molecule has 0 saturated heterocycles. The molecule has 140 valence electrons. The minimum absolute atomic E-state index is 0.0998. The van der Waals surface area contributed by atoms with Gasteiger partial charge in [-0.25, -0.2) is 13.1 Å². The van der Waals surface area contributed by atoms with Gasteiger partial charge in [-0.1, -0.05) is 6.07 Å². The Kier molecular flexibility index (Phi) is 4.66. The van der Waals surface area contributed by atoms with E-state index in [1.807, 2.05) is 13.2 Å². The first-order chi connectivity index (χ1) is 12.0. The summed E-state index contributed by atoms with van der Waals surface area (Å²) in [6.45, 7) is 5.34. The summed E-state index contributed by atoms with van der Waals surface area (Å²) in [6, 6.07) is 6.31. The van der Waals surface area contributed by atoms with Gasteiger partial charge in [0.25, 0.3) is 0 Å². The summed E-state index contributed by atoms with van der Waals surface area (Å²) in [5, 5.41) is 6.96. The predicted octanol–water partition coefficient (Wildman–Crippen LogP) is 2.24. The molecular weight excluding hydrogens is 352 g/mol. The highest BCUT2D eigenvalue weighted by atomic mass is 32.2. The topological polar surface area (TPSA) is 93.1 Å². The lowest BCUT2D eigenvalue weighted by atomic mass is 10.1. The monoisotopic (exact) mass is 376 g/mol. The molecule has 2 aromatic rings. The zero-order valence-electron chi connectivity index (χ0n) is 15.4. The van der Waals surface area contributed by atoms with Crippen molar-refractivity contribution in [2.45, 2.75) is 43.5 Å². The fourth-order valence-electron chi connectivity index (χ4n) is 2.92. The molecule has 2 atom stereocenters. The van der Waals surface area contributed by atoms with E-state index < -0.39 is 15.6 Å². The Morgan fingerprint density at radius 3 is 2.65 bits per heavy atom. The lowest BCUT2D eigenvalue weighted by molar-refractivity contribution is -0.117. The molecule has 1 aliphatic carbocycles. The van der Waals surface area contributed by atoms with Gasteiger partial charge < -0.3 is 5.32 Å². The molecule has 0 aliphatic heterocycles. The van der Waals surface area contributed by atoms with Crippen LogP contribution in [-0.4, -0.2) is 29.6 Å². The second-order valence-corrected chi connectivity index (χ2v) is 9.45. The van der Waals surface area contributed by atoms with Crippen LogP contribution in [0.4, 0.5) is 5.69 Å². The van der Waals surface area contributed by atoms with Gasteiger partial charge in [0.1, 0.15) is 0 Å². The van der Waals surface area contributed by atoms with Gasteiger partial charge in [0.2, 0.25) is 15.9 Å². The van der Waals surface area contributed by atoms with Gasteiger partial charge in [-0.15, -0.1) is 0 Å². The molecule has 1 aromatic heterocycles. The Morgan fingerprint density at radius 1 is 1.31 bits per heavy atom. The third-order valence-electron chi connectivity index (χ3n) is 4.13. The zero-order valence-corrected chi connectivity index (χ0v) is 16.2. The van der Waals surface area contributed by atoms with Crippen LogP contribution in [0.15, 0.2) is 41.6 Å². The summed E-state index contributed by atoms with van der Waals surface area (Å²) in [5.74, 6) is -0.0254. The molecular formula is C18H24N4O3S. The number of sulfonamides is 1. The summed E-state index contributed by atoms with van der Waals surface area (Å²) < 4.78 is 29.2. The SMILES string of the molecule is Cn1cc(C2CC2C(=O)Nc2cccc(S(=O)(=O)NC(C)(C)C)c2)cn1. The fraction of sp³-hybridized carbons (Fsp3) is 0.444. The van der Waals surface area contributed by atoms with E-state index in [-0.39, 0.29) is 22.6 Å². The highest BCUT2D eigenvalue weighted by molar-refractivity contribution is 7.89. The number of nitrogens with zero attached hydrogens (tertiary/aromatic N) is 2. The minimum Gasteiger partial charge on any atom is -0.326 e. The fourth-order valence-corrected chi connectivity index (χ4v) is 4.39. The van der Waals surface area contributed by atoms with E-state index in [0.717, 1.165) is 12.0 Å². The van der Waals surface area contributed by atoms with Crippen LogP contribution in [0.3, 0.4) is 0 Å². The number of aryl methyl sites for hydroxylation is 1. The molecule has 8 heteroatoms. The molecule has 1 fully saturated rings. The Hall–Kier alpha value is -2.19. The quantitative estimate of drug-likeness (QED) is 0.837. The van der Waals surface area contributed by atoms with Crippen LogP contribution in [0.25, 0.3) is 0 Å². The van der Waals surface area contributed by atoms with Crippen molar-refractivity contribution in [2.24, 2.45) is 13.0 Å². The minimum atomic E-state index is -3.64. The van der Waals surface area contributed by atoms with E-state index in [9.17, 15) is 13.2 Å². The molecule has 2 N–H and O–H groups in total. The maximum atomic E-state index is 12.5. The van der Waals surface area contributed by atoms with Crippen LogP contribution in [0.5, 0.6) is 0 Å². The summed E-state index contributed by atoms with van der Waals surface area (Å²) in [7, 11) is -1.80. The first kappa shape index (κ1) is 18.6. The highest BCUT2D eigenvalue weighted by Gasteiger charge is 2.44. The molecule has 0 radical (unpaired) electrons. The van der Waals surface area contributed by atoms with E-state index in [1.54, 1.807) is 43.8 Å². The number of carbonyl (C=O) groups excluding carboxylic acids is 1. The van der Waals surface area contributed by atoms with Crippen LogP contribution in [-0.2, 0) is 21.9 Å². The number of aromatic nitrogens is 2. The molecule has 2 unspecified atom stereocenters. The van der Waals surface area contributed by atoms with E-state index >= 15 is 0 Å². The number of benzene rings is 1. The molecule has 1 heterocycles. The van der Waals surface area contributed by atoms with Crippen LogP contribution in [0.2, 0.25) is 0 Å². The Balaban J connectivity index is 1.69.